The van der Waals surface area contributed by atoms with Gasteiger partial charge in [-0.1, -0.05) is 19.8 Å². The highest BCUT2D eigenvalue weighted by atomic mass is 16.3. The predicted octanol–water partition coefficient (Wildman–Crippen LogP) is 1.26. The Bertz CT molecular complexity index is 328. The fraction of sp³-hybridized carbons (Fsp3) is 1.00. The number of hydrogen-bond acceptors (Lipinski definition) is 5. The van der Waals surface area contributed by atoms with Gasteiger partial charge in [-0.15, -0.1) is 0 Å². The molecule has 24 heavy (non-hydrogen) atoms. The topological polar surface area (TPSA) is 64.8 Å². The van der Waals surface area contributed by atoms with Crippen molar-refractivity contribution in [1.29, 1.82) is 0 Å². The third-order valence-corrected chi connectivity index (χ3v) is 5.88. The van der Waals surface area contributed by atoms with Gasteiger partial charge in [-0.05, 0) is 51.1 Å². The molecule has 0 aromatic rings. The lowest BCUT2D eigenvalue weighted by Gasteiger charge is -2.38. The van der Waals surface area contributed by atoms with E-state index in [0.29, 0.717) is 12.0 Å². The van der Waals surface area contributed by atoms with Crippen molar-refractivity contribution < 1.29 is 5.11 Å². The maximum absolute atomic E-state index is 10.4. The highest BCUT2D eigenvalue weighted by Gasteiger charge is 2.28. The van der Waals surface area contributed by atoms with E-state index in [4.69, 9.17) is 5.73 Å². The fourth-order valence-corrected chi connectivity index (χ4v) is 4.46. The largest absolute Gasteiger partial charge is 0.393 e. The molecule has 142 valence electrons. The van der Waals surface area contributed by atoms with Crippen molar-refractivity contribution in [2.75, 3.05) is 52.4 Å². The summed E-state index contributed by atoms with van der Waals surface area (Å²) in [5.41, 5.74) is 5.92. The second-order valence-electron chi connectivity index (χ2n) is 7.71. The molecular weight excluding hydrogens is 300 g/mol. The van der Waals surface area contributed by atoms with Crippen LogP contribution in [0.2, 0.25) is 0 Å². The quantitative estimate of drug-likeness (QED) is 0.679. The molecule has 1 aliphatic carbocycles. The van der Waals surface area contributed by atoms with Crippen LogP contribution < -0.4 is 11.1 Å². The second kappa shape index (κ2) is 11.4. The van der Waals surface area contributed by atoms with Crippen LogP contribution in [-0.4, -0.2) is 79.4 Å². The number of hydrogen-bond donors (Lipinski definition) is 3. The number of nitrogens with two attached hydrogens (primary N) is 1. The second-order valence-corrected chi connectivity index (χ2v) is 7.71. The van der Waals surface area contributed by atoms with Crippen molar-refractivity contribution in [3.8, 4) is 0 Å². The molecule has 0 spiro atoms. The molecule has 5 nitrogen and oxygen atoms in total. The monoisotopic (exact) mass is 340 g/mol. The van der Waals surface area contributed by atoms with Crippen LogP contribution in [0.3, 0.4) is 0 Å². The van der Waals surface area contributed by atoms with Gasteiger partial charge < -0.3 is 21.1 Å². The highest BCUT2D eigenvalue weighted by Crippen LogP contribution is 2.30. The summed E-state index contributed by atoms with van der Waals surface area (Å²) in [5.74, 6) is 0.485. The molecule has 2 rings (SSSR count). The van der Waals surface area contributed by atoms with Crippen molar-refractivity contribution in [2.45, 2.75) is 64.0 Å². The van der Waals surface area contributed by atoms with Crippen molar-refractivity contribution in [3.63, 3.8) is 0 Å². The molecule has 1 aliphatic heterocycles. The van der Waals surface area contributed by atoms with E-state index >= 15 is 0 Å². The first-order chi connectivity index (χ1) is 11.7. The van der Waals surface area contributed by atoms with E-state index in [9.17, 15) is 5.11 Å². The molecule has 0 aromatic carbocycles. The minimum atomic E-state index is -0.0848. The number of aliphatic hydroxyl groups excluding tert-OH is 1. The molecule has 0 aromatic heterocycles. The molecular formula is C19H40N4O. The predicted molar refractivity (Wildman–Crippen MR) is 101 cm³/mol. The van der Waals surface area contributed by atoms with E-state index in [2.05, 4.69) is 22.0 Å². The van der Waals surface area contributed by atoms with Crippen molar-refractivity contribution in [1.82, 2.24) is 15.1 Å². The van der Waals surface area contributed by atoms with E-state index in [0.717, 1.165) is 58.7 Å². The van der Waals surface area contributed by atoms with Gasteiger partial charge in [0.25, 0.3) is 0 Å². The first-order valence-corrected chi connectivity index (χ1v) is 10.3. The summed E-state index contributed by atoms with van der Waals surface area (Å²) in [6.07, 6.45) is 8.12. The van der Waals surface area contributed by atoms with E-state index in [1.165, 1.54) is 38.6 Å². The van der Waals surface area contributed by atoms with Crippen molar-refractivity contribution in [2.24, 2.45) is 11.7 Å². The Morgan fingerprint density at radius 1 is 1.04 bits per heavy atom. The van der Waals surface area contributed by atoms with E-state index in [1.54, 1.807) is 0 Å². The molecule has 0 radical (unpaired) electrons. The molecule has 2 fully saturated rings. The Morgan fingerprint density at radius 2 is 1.88 bits per heavy atom. The van der Waals surface area contributed by atoms with Gasteiger partial charge in [-0.3, -0.25) is 4.90 Å². The molecule has 2 aliphatic rings. The zero-order chi connectivity index (χ0) is 17.2. The first-order valence-electron chi connectivity index (χ1n) is 10.3. The Hall–Kier alpha value is -0.200. The normalized spacial score (nSPS) is 31.9. The minimum absolute atomic E-state index is 0.0848. The third kappa shape index (κ3) is 6.60. The SMILES string of the molecule is CCCN1CCNCCC(CC2CCCCC2O)N(CCN)CC1. The van der Waals surface area contributed by atoms with Crippen LogP contribution in [0.15, 0.2) is 0 Å². The molecule has 3 unspecified atom stereocenters. The van der Waals surface area contributed by atoms with Gasteiger partial charge in [0, 0.05) is 45.3 Å². The lowest BCUT2D eigenvalue weighted by atomic mass is 9.81. The van der Waals surface area contributed by atoms with Crippen LogP contribution in [0.25, 0.3) is 0 Å². The Morgan fingerprint density at radius 3 is 2.62 bits per heavy atom. The highest BCUT2D eigenvalue weighted by molar-refractivity contribution is 4.83. The standard InChI is InChI=1S/C19H40N4O/c1-2-11-22-13-10-21-9-7-18(23(12-8-20)15-14-22)16-17-5-3-4-6-19(17)24/h17-19,21,24H,2-16,20H2,1H3. The summed E-state index contributed by atoms with van der Waals surface area (Å²) in [5, 5.41) is 14.0. The van der Waals surface area contributed by atoms with Crippen LogP contribution in [0.4, 0.5) is 0 Å². The molecule has 0 bridgehead atoms. The van der Waals surface area contributed by atoms with Gasteiger partial charge in [0.1, 0.15) is 0 Å². The van der Waals surface area contributed by atoms with Crippen LogP contribution in [-0.2, 0) is 0 Å². The van der Waals surface area contributed by atoms with E-state index in [1.807, 2.05) is 0 Å². The average Bonchev–Trinajstić information content (AvgIpc) is 2.58. The van der Waals surface area contributed by atoms with Gasteiger partial charge in [-0.2, -0.15) is 0 Å². The zero-order valence-corrected chi connectivity index (χ0v) is 15.8. The molecule has 0 amide bonds. The smallest absolute Gasteiger partial charge is 0.0569 e. The number of rotatable bonds is 6. The van der Waals surface area contributed by atoms with E-state index in [-0.39, 0.29) is 6.10 Å². The van der Waals surface area contributed by atoms with Crippen LogP contribution >= 0.6 is 0 Å². The van der Waals surface area contributed by atoms with Crippen molar-refractivity contribution in [3.05, 3.63) is 0 Å². The molecule has 1 saturated carbocycles. The zero-order valence-electron chi connectivity index (χ0n) is 15.8. The van der Waals surface area contributed by atoms with Gasteiger partial charge in [0.2, 0.25) is 0 Å². The molecule has 5 heteroatoms. The maximum Gasteiger partial charge on any atom is 0.0569 e. The number of aliphatic hydroxyl groups is 1. The molecule has 1 heterocycles. The fourth-order valence-electron chi connectivity index (χ4n) is 4.46. The lowest BCUT2D eigenvalue weighted by molar-refractivity contribution is 0.0401. The van der Waals surface area contributed by atoms with Crippen molar-refractivity contribution >= 4 is 0 Å². The summed E-state index contributed by atoms with van der Waals surface area (Å²) in [4.78, 5) is 5.19. The maximum atomic E-state index is 10.4. The third-order valence-electron chi connectivity index (χ3n) is 5.88. The molecule has 1 saturated heterocycles. The summed E-state index contributed by atoms with van der Waals surface area (Å²) in [6, 6.07) is 0.556. The first kappa shape index (κ1) is 20.1. The number of nitrogens with zero attached hydrogens (tertiary/aromatic N) is 2. The number of nitrogens with one attached hydrogen (secondary N) is 1. The van der Waals surface area contributed by atoms with Crippen LogP contribution in [0, 0.1) is 5.92 Å². The summed E-state index contributed by atoms with van der Waals surface area (Å²) >= 11 is 0. The Balaban J connectivity index is 1.97. The molecule has 3 atom stereocenters. The van der Waals surface area contributed by atoms with E-state index < -0.39 is 0 Å². The van der Waals surface area contributed by atoms with Gasteiger partial charge in [0.15, 0.2) is 0 Å². The summed E-state index contributed by atoms with van der Waals surface area (Å²) < 4.78 is 0. The lowest BCUT2D eigenvalue weighted by Crippen LogP contribution is -2.48. The summed E-state index contributed by atoms with van der Waals surface area (Å²) in [7, 11) is 0. The van der Waals surface area contributed by atoms with Gasteiger partial charge in [-0.25, -0.2) is 0 Å². The Kier molecular flexibility index (Phi) is 9.57. The van der Waals surface area contributed by atoms with Gasteiger partial charge >= 0.3 is 0 Å². The van der Waals surface area contributed by atoms with Gasteiger partial charge in [0.05, 0.1) is 6.10 Å². The van der Waals surface area contributed by atoms with Crippen LogP contribution in [0.1, 0.15) is 51.9 Å². The summed E-state index contributed by atoms with van der Waals surface area (Å²) in [6.45, 7) is 10.7. The minimum Gasteiger partial charge on any atom is -0.393 e. The molecule has 4 N–H and O–H groups in total. The average molecular weight is 341 g/mol. The van der Waals surface area contributed by atoms with Crippen LogP contribution in [0.5, 0.6) is 0 Å². The Labute approximate surface area is 149 Å².